The summed E-state index contributed by atoms with van der Waals surface area (Å²) in [5, 5.41) is 3.36. The molecule has 28 heavy (non-hydrogen) atoms. The quantitative estimate of drug-likeness (QED) is 0.727. The van der Waals surface area contributed by atoms with E-state index in [9.17, 15) is 9.18 Å². The number of anilines is 1. The molecule has 5 nitrogen and oxygen atoms in total. The summed E-state index contributed by atoms with van der Waals surface area (Å²) in [4.78, 5) is 20.5. The average Bonchev–Trinajstić information content (AvgIpc) is 3.14. The molecule has 1 aromatic heterocycles. The topological polar surface area (TPSA) is 51.4 Å². The van der Waals surface area contributed by atoms with E-state index in [1.807, 2.05) is 25.1 Å². The molecule has 2 heterocycles. The zero-order chi connectivity index (χ0) is 19.7. The lowest BCUT2D eigenvalue weighted by Crippen LogP contribution is -2.43. The van der Waals surface area contributed by atoms with E-state index in [-0.39, 0.29) is 11.7 Å². The van der Waals surface area contributed by atoms with Gasteiger partial charge in [0, 0.05) is 43.8 Å². The number of nitrogens with zero attached hydrogens (tertiary/aromatic N) is 2. The largest absolute Gasteiger partial charge is 0.350 e. The molecule has 0 aliphatic carbocycles. The lowest BCUT2D eigenvalue weighted by molar-refractivity contribution is 0.102. The molecule has 0 unspecified atom stereocenters. The molecule has 4 rings (SSSR count). The minimum atomic E-state index is -0.329. The smallest absolute Gasteiger partial charge is 0.272 e. The van der Waals surface area contributed by atoms with Crippen LogP contribution in [0, 0.1) is 12.7 Å². The van der Waals surface area contributed by atoms with Gasteiger partial charge in [-0.1, -0.05) is 18.2 Å². The van der Waals surface area contributed by atoms with Gasteiger partial charge in [0.2, 0.25) is 0 Å². The molecular formula is C22H25FN4O. The Morgan fingerprint density at radius 2 is 1.93 bits per heavy atom. The second-order valence-electron chi connectivity index (χ2n) is 7.57. The number of fused-ring (bicyclic) bond motifs is 1. The maximum atomic E-state index is 14.0. The number of hydrogen-bond acceptors (Lipinski definition) is 3. The van der Waals surface area contributed by atoms with Crippen LogP contribution in [-0.2, 0) is 6.54 Å². The van der Waals surface area contributed by atoms with Crippen LogP contribution in [0.25, 0.3) is 10.9 Å². The van der Waals surface area contributed by atoms with Crippen LogP contribution in [-0.4, -0.2) is 53.9 Å². The first-order chi connectivity index (χ1) is 13.5. The fraction of sp³-hybridized carbons (Fsp3) is 0.318. The molecule has 6 heteroatoms. The number of carbonyl (C=O) groups is 1. The summed E-state index contributed by atoms with van der Waals surface area (Å²) in [5.41, 5.74) is 3.83. The highest BCUT2D eigenvalue weighted by Gasteiger charge is 2.15. The molecular weight excluding hydrogens is 355 g/mol. The van der Waals surface area contributed by atoms with Crippen LogP contribution >= 0.6 is 0 Å². The number of likely N-dealkylation sites (N-methyl/N-ethyl adjacent to an activating group) is 1. The number of aromatic nitrogens is 1. The van der Waals surface area contributed by atoms with E-state index in [4.69, 9.17) is 0 Å². The summed E-state index contributed by atoms with van der Waals surface area (Å²) in [5.74, 6) is -0.600. The zero-order valence-electron chi connectivity index (χ0n) is 16.3. The molecule has 0 spiro atoms. The van der Waals surface area contributed by atoms with Crippen LogP contribution in [0.1, 0.15) is 21.6 Å². The predicted octanol–water partition coefficient (Wildman–Crippen LogP) is 3.62. The number of piperazine rings is 1. The summed E-state index contributed by atoms with van der Waals surface area (Å²) < 4.78 is 14.0. The molecule has 2 aromatic carbocycles. The van der Waals surface area contributed by atoms with E-state index in [0.717, 1.165) is 44.0 Å². The summed E-state index contributed by atoms with van der Waals surface area (Å²) in [6.07, 6.45) is 0. The van der Waals surface area contributed by atoms with Gasteiger partial charge in [-0.05, 0) is 49.4 Å². The Bertz CT molecular complexity index is 966. The first-order valence-electron chi connectivity index (χ1n) is 9.58. The standard InChI is InChI=1S/C22H25FN4O/c1-15-6-7-19(23)18-13-20(25-21(15)18)22(28)24-17-5-3-4-16(12-17)14-27-10-8-26(2)9-11-27/h3-7,12-13,25H,8-11,14H2,1-2H3,(H,24,28). The van der Waals surface area contributed by atoms with Gasteiger partial charge in [0.15, 0.2) is 0 Å². The van der Waals surface area contributed by atoms with Gasteiger partial charge in [-0.3, -0.25) is 9.69 Å². The number of nitrogens with one attached hydrogen (secondary N) is 2. The number of rotatable bonds is 4. The Labute approximate surface area is 164 Å². The molecule has 1 fully saturated rings. The fourth-order valence-electron chi connectivity index (χ4n) is 3.66. The summed E-state index contributed by atoms with van der Waals surface area (Å²) in [6, 6.07) is 12.6. The van der Waals surface area contributed by atoms with Crippen molar-refractivity contribution >= 4 is 22.5 Å². The highest BCUT2D eigenvalue weighted by molar-refractivity contribution is 6.06. The van der Waals surface area contributed by atoms with Gasteiger partial charge in [0.1, 0.15) is 11.5 Å². The lowest BCUT2D eigenvalue weighted by atomic mass is 10.1. The van der Waals surface area contributed by atoms with Crippen LogP contribution in [0.2, 0.25) is 0 Å². The number of benzene rings is 2. The number of aryl methyl sites for hydroxylation is 1. The van der Waals surface area contributed by atoms with Gasteiger partial charge in [0.25, 0.3) is 5.91 Å². The number of aromatic amines is 1. The first kappa shape index (κ1) is 18.7. The van der Waals surface area contributed by atoms with Crippen molar-refractivity contribution in [3.8, 4) is 0 Å². The van der Waals surface area contributed by atoms with Crippen molar-refractivity contribution in [3.63, 3.8) is 0 Å². The molecule has 1 aliphatic rings. The van der Waals surface area contributed by atoms with Gasteiger partial charge in [-0.25, -0.2) is 4.39 Å². The SMILES string of the molecule is Cc1ccc(F)c2cc(C(=O)Nc3cccc(CN4CCN(C)CC4)c3)[nH]c12. The van der Waals surface area contributed by atoms with Crippen LogP contribution in [0.3, 0.4) is 0 Å². The van der Waals surface area contributed by atoms with Crippen LogP contribution in [0.15, 0.2) is 42.5 Å². The van der Waals surface area contributed by atoms with E-state index >= 15 is 0 Å². The predicted molar refractivity (Wildman–Crippen MR) is 110 cm³/mol. The second kappa shape index (κ2) is 7.73. The van der Waals surface area contributed by atoms with Crippen molar-refractivity contribution in [1.29, 1.82) is 0 Å². The van der Waals surface area contributed by atoms with Crippen LogP contribution < -0.4 is 5.32 Å². The Kier molecular flexibility index (Phi) is 5.15. The molecule has 146 valence electrons. The Morgan fingerprint density at radius 1 is 1.14 bits per heavy atom. The molecule has 3 aromatic rings. The maximum absolute atomic E-state index is 14.0. The molecule has 0 bridgehead atoms. The molecule has 0 saturated carbocycles. The summed E-state index contributed by atoms with van der Waals surface area (Å²) >= 11 is 0. The Hall–Kier alpha value is -2.70. The van der Waals surface area contributed by atoms with E-state index in [1.165, 1.54) is 11.6 Å². The lowest BCUT2D eigenvalue weighted by Gasteiger charge is -2.32. The monoisotopic (exact) mass is 380 g/mol. The minimum Gasteiger partial charge on any atom is -0.350 e. The van der Waals surface area contributed by atoms with E-state index < -0.39 is 0 Å². The number of halogens is 1. The normalized spacial score (nSPS) is 15.8. The third-order valence-electron chi connectivity index (χ3n) is 5.38. The Balaban J connectivity index is 1.47. The number of amides is 1. The summed E-state index contributed by atoms with van der Waals surface area (Å²) in [6.45, 7) is 7.01. The molecule has 0 atom stereocenters. The van der Waals surface area contributed by atoms with Crippen molar-refractivity contribution in [2.75, 3.05) is 38.5 Å². The minimum absolute atomic E-state index is 0.272. The third kappa shape index (κ3) is 3.93. The number of hydrogen-bond donors (Lipinski definition) is 2. The highest BCUT2D eigenvalue weighted by Crippen LogP contribution is 2.23. The van der Waals surface area contributed by atoms with Crippen molar-refractivity contribution in [2.24, 2.45) is 0 Å². The molecule has 1 aliphatic heterocycles. The van der Waals surface area contributed by atoms with Gasteiger partial charge in [0.05, 0.1) is 5.52 Å². The molecule has 2 N–H and O–H groups in total. The third-order valence-corrected chi connectivity index (χ3v) is 5.38. The van der Waals surface area contributed by atoms with E-state index in [2.05, 4.69) is 33.2 Å². The van der Waals surface area contributed by atoms with Gasteiger partial charge in [-0.2, -0.15) is 0 Å². The first-order valence-corrected chi connectivity index (χ1v) is 9.58. The Morgan fingerprint density at radius 3 is 2.68 bits per heavy atom. The maximum Gasteiger partial charge on any atom is 0.272 e. The van der Waals surface area contributed by atoms with Gasteiger partial charge >= 0.3 is 0 Å². The molecule has 0 radical (unpaired) electrons. The van der Waals surface area contributed by atoms with Gasteiger partial charge < -0.3 is 15.2 Å². The van der Waals surface area contributed by atoms with Crippen LogP contribution in [0.5, 0.6) is 0 Å². The van der Waals surface area contributed by atoms with Crippen LogP contribution in [0.4, 0.5) is 10.1 Å². The molecule has 1 amide bonds. The van der Waals surface area contributed by atoms with Crippen molar-refractivity contribution in [3.05, 3.63) is 65.1 Å². The van der Waals surface area contributed by atoms with E-state index in [1.54, 1.807) is 12.1 Å². The number of H-pyrrole nitrogens is 1. The zero-order valence-corrected chi connectivity index (χ0v) is 16.3. The molecule has 1 saturated heterocycles. The van der Waals surface area contributed by atoms with Crippen molar-refractivity contribution in [1.82, 2.24) is 14.8 Å². The fourth-order valence-corrected chi connectivity index (χ4v) is 3.66. The van der Waals surface area contributed by atoms with Gasteiger partial charge in [-0.15, -0.1) is 0 Å². The van der Waals surface area contributed by atoms with Crippen molar-refractivity contribution in [2.45, 2.75) is 13.5 Å². The second-order valence-corrected chi connectivity index (χ2v) is 7.57. The number of carbonyl (C=O) groups excluding carboxylic acids is 1. The summed E-state index contributed by atoms with van der Waals surface area (Å²) in [7, 11) is 2.14. The average molecular weight is 380 g/mol. The van der Waals surface area contributed by atoms with E-state index in [0.29, 0.717) is 16.6 Å². The highest BCUT2D eigenvalue weighted by atomic mass is 19.1. The van der Waals surface area contributed by atoms with Crippen molar-refractivity contribution < 1.29 is 9.18 Å².